The summed E-state index contributed by atoms with van der Waals surface area (Å²) in [4.78, 5) is 3.98. The lowest BCUT2D eigenvalue weighted by Crippen LogP contribution is -2.38. The van der Waals surface area contributed by atoms with Crippen LogP contribution in [0.3, 0.4) is 0 Å². The summed E-state index contributed by atoms with van der Waals surface area (Å²) in [5.41, 5.74) is 2.28. The van der Waals surface area contributed by atoms with Crippen molar-refractivity contribution in [3.05, 3.63) is 52.2 Å². The second-order valence-corrected chi connectivity index (χ2v) is 7.36. The third-order valence-electron chi connectivity index (χ3n) is 4.22. The number of anilines is 1. The molecule has 1 aromatic carbocycles. The van der Waals surface area contributed by atoms with Crippen molar-refractivity contribution in [3.63, 3.8) is 0 Å². The van der Waals surface area contributed by atoms with Gasteiger partial charge in [-0.3, -0.25) is 4.90 Å². The van der Waals surface area contributed by atoms with Crippen LogP contribution in [0.5, 0.6) is 0 Å². The van der Waals surface area contributed by atoms with E-state index in [1.807, 2.05) is 11.3 Å². The highest BCUT2D eigenvalue weighted by atomic mass is 32.1. The average Bonchev–Trinajstić information content (AvgIpc) is 3.24. The van der Waals surface area contributed by atoms with Crippen LogP contribution in [0, 0.1) is 6.92 Å². The van der Waals surface area contributed by atoms with Crippen molar-refractivity contribution in [2.24, 2.45) is 0 Å². The molecule has 3 rings (SSSR count). The molecular weight excluding hydrogens is 322 g/mol. The second-order valence-electron chi connectivity index (χ2n) is 5.98. The second kappa shape index (κ2) is 7.90. The summed E-state index contributed by atoms with van der Waals surface area (Å²) in [6, 6.07) is 13.1. The number of hydrogen-bond acceptors (Lipinski definition) is 3. The van der Waals surface area contributed by atoms with Crippen molar-refractivity contribution in [3.8, 4) is 0 Å². The molecule has 1 aliphatic rings. The molecule has 0 saturated carbocycles. The van der Waals surface area contributed by atoms with Crippen molar-refractivity contribution in [1.82, 2.24) is 10.2 Å². The molecule has 3 nitrogen and oxygen atoms in total. The van der Waals surface area contributed by atoms with E-state index in [4.69, 9.17) is 12.2 Å². The Kier molecular flexibility index (Phi) is 5.65. The first-order chi connectivity index (χ1) is 11.2. The molecule has 0 amide bonds. The minimum absolute atomic E-state index is 0.412. The SMILES string of the molecule is Cc1ccc(NC(=S)NC[C@H](c2cccs2)N2CCCC2)cc1. The third-order valence-corrected chi connectivity index (χ3v) is 5.44. The van der Waals surface area contributed by atoms with Crippen LogP contribution in [0.15, 0.2) is 41.8 Å². The smallest absolute Gasteiger partial charge is 0.170 e. The number of thiocarbonyl (C=S) groups is 1. The number of hydrogen-bond donors (Lipinski definition) is 2. The van der Waals surface area contributed by atoms with E-state index in [-0.39, 0.29) is 0 Å². The molecule has 2 heterocycles. The van der Waals surface area contributed by atoms with E-state index in [0.29, 0.717) is 11.2 Å². The van der Waals surface area contributed by atoms with E-state index in [2.05, 4.69) is 64.2 Å². The van der Waals surface area contributed by atoms with E-state index in [1.165, 1.54) is 36.4 Å². The van der Waals surface area contributed by atoms with Crippen molar-refractivity contribution in [2.75, 3.05) is 25.0 Å². The summed E-state index contributed by atoms with van der Waals surface area (Å²) in [6.45, 7) is 5.30. The lowest BCUT2D eigenvalue weighted by Gasteiger charge is -2.27. The molecule has 23 heavy (non-hydrogen) atoms. The van der Waals surface area contributed by atoms with Crippen LogP contribution in [0.1, 0.15) is 29.3 Å². The quantitative estimate of drug-likeness (QED) is 0.795. The molecule has 122 valence electrons. The van der Waals surface area contributed by atoms with Gasteiger partial charge in [-0.25, -0.2) is 0 Å². The maximum atomic E-state index is 5.45. The van der Waals surface area contributed by atoms with Gasteiger partial charge in [-0.2, -0.15) is 0 Å². The Morgan fingerprint density at radius 1 is 1.22 bits per heavy atom. The Labute approximate surface area is 147 Å². The monoisotopic (exact) mass is 345 g/mol. The molecule has 0 spiro atoms. The summed E-state index contributed by atoms with van der Waals surface area (Å²) >= 11 is 7.28. The van der Waals surface area contributed by atoms with Crippen LogP contribution >= 0.6 is 23.6 Å². The highest BCUT2D eigenvalue weighted by Crippen LogP contribution is 2.27. The van der Waals surface area contributed by atoms with Gasteiger partial charge in [0.05, 0.1) is 6.04 Å². The predicted octanol–water partition coefficient (Wildman–Crippen LogP) is 4.18. The summed E-state index contributed by atoms with van der Waals surface area (Å²) in [6.07, 6.45) is 2.60. The first kappa shape index (κ1) is 16.4. The van der Waals surface area contributed by atoms with Crippen molar-refractivity contribution in [2.45, 2.75) is 25.8 Å². The average molecular weight is 346 g/mol. The summed E-state index contributed by atoms with van der Waals surface area (Å²) in [7, 11) is 0. The fourth-order valence-corrected chi connectivity index (χ4v) is 4.01. The normalized spacial score (nSPS) is 16.2. The highest BCUT2D eigenvalue weighted by Gasteiger charge is 2.24. The third kappa shape index (κ3) is 4.53. The van der Waals surface area contributed by atoms with Gasteiger partial charge in [0.25, 0.3) is 0 Å². The van der Waals surface area contributed by atoms with Gasteiger partial charge in [-0.05, 0) is 68.7 Å². The van der Waals surface area contributed by atoms with Gasteiger partial charge in [0.1, 0.15) is 0 Å². The first-order valence-electron chi connectivity index (χ1n) is 8.11. The van der Waals surface area contributed by atoms with Gasteiger partial charge in [-0.15, -0.1) is 11.3 Å². The minimum atomic E-state index is 0.412. The summed E-state index contributed by atoms with van der Waals surface area (Å²) < 4.78 is 0. The van der Waals surface area contributed by atoms with Gasteiger partial charge >= 0.3 is 0 Å². The van der Waals surface area contributed by atoms with E-state index >= 15 is 0 Å². The number of rotatable bonds is 5. The molecule has 2 aromatic rings. The Morgan fingerprint density at radius 3 is 2.61 bits per heavy atom. The number of nitrogens with zero attached hydrogens (tertiary/aromatic N) is 1. The predicted molar refractivity (Wildman–Crippen MR) is 103 cm³/mol. The Morgan fingerprint density at radius 2 is 1.96 bits per heavy atom. The van der Waals surface area contributed by atoms with E-state index in [0.717, 1.165) is 12.2 Å². The fraction of sp³-hybridized carbons (Fsp3) is 0.389. The van der Waals surface area contributed by atoms with Crippen molar-refractivity contribution in [1.29, 1.82) is 0 Å². The van der Waals surface area contributed by atoms with Gasteiger partial charge in [0.15, 0.2) is 5.11 Å². The first-order valence-corrected chi connectivity index (χ1v) is 9.40. The van der Waals surface area contributed by atoms with Crippen molar-refractivity contribution < 1.29 is 0 Å². The molecule has 0 unspecified atom stereocenters. The zero-order valence-corrected chi connectivity index (χ0v) is 15.1. The molecule has 0 aliphatic carbocycles. The van der Waals surface area contributed by atoms with E-state index in [9.17, 15) is 0 Å². The maximum absolute atomic E-state index is 5.45. The summed E-state index contributed by atoms with van der Waals surface area (Å²) in [5.74, 6) is 0. The van der Waals surface area contributed by atoms with Crippen LogP contribution in [0.4, 0.5) is 5.69 Å². The number of nitrogens with one attached hydrogen (secondary N) is 2. The lowest BCUT2D eigenvalue weighted by molar-refractivity contribution is 0.249. The molecule has 1 atom stereocenters. The van der Waals surface area contributed by atoms with Crippen molar-refractivity contribution >= 4 is 34.4 Å². The van der Waals surface area contributed by atoms with Crippen LogP contribution in [0.2, 0.25) is 0 Å². The molecule has 2 N–H and O–H groups in total. The highest BCUT2D eigenvalue weighted by molar-refractivity contribution is 7.80. The van der Waals surface area contributed by atoms with Gasteiger partial charge in [-0.1, -0.05) is 23.8 Å². The molecule has 5 heteroatoms. The molecule has 1 saturated heterocycles. The standard InChI is InChI=1S/C18H23N3S2/c1-14-6-8-15(9-7-14)20-18(22)19-13-16(17-5-4-12-23-17)21-10-2-3-11-21/h4-9,12,16H,2-3,10-11,13H2,1H3,(H2,19,20,22)/t16-/m1/s1. The van der Waals surface area contributed by atoms with E-state index in [1.54, 1.807) is 0 Å². The van der Waals surface area contributed by atoms with Crippen LogP contribution in [-0.2, 0) is 0 Å². The molecule has 0 bridgehead atoms. The van der Waals surface area contributed by atoms with Gasteiger partial charge in [0, 0.05) is 17.1 Å². The number of thiophene rings is 1. The number of aryl methyl sites for hydroxylation is 1. The largest absolute Gasteiger partial charge is 0.360 e. The van der Waals surface area contributed by atoms with Gasteiger partial charge in [0.2, 0.25) is 0 Å². The van der Waals surface area contributed by atoms with Crippen LogP contribution in [-0.4, -0.2) is 29.6 Å². The zero-order valence-electron chi connectivity index (χ0n) is 13.4. The van der Waals surface area contributed by atoms with Gasteiger partial charge < -0.3 is 10.6 Å². The fourth-order valence-electron chi connectivity index (χ4n) is 2.95. The Bertz CT molecular complexity index is 616. The number of benzene rings is 1. The van der Waals surface area contributed by atoms with Crippen LogP contribution in [0.25, 0.3) is 0 Å². The Hall–Kier alpha value is -1.43. The maximum Gasteiger partial charge on any atom is 0.170 e. The van der Waals surface area contributed by atoms with E-state index < -0.39 is 0 Å². The minimum Gasteiger partial charge on any atom is -0.360 e. The number of likely N-dealkylation sites (tertiary alicyclic amines) is 1. The Balaban J connectivity index is 1.57. The topological polar surface area (TPSA) is 27.3 Å². The van der Waals surface area contributed by atoms with Crippen LogP contribution < -0.4 is 10.6 Å². The molecule has 0 radical (unpaired) electrons. The lowest BCUT2D eigenvalue weighted by atomic mass is 10.2. The molecule has 1 fully saturated rings. The zero-order chi connectivity index (χ0) is 16.1. The molecule has 1 aromatic heterocycles. The molecule has 1 aliphatic heterocycles. The molecular formula is C18H23N3S2. The summed E-state index contributed by atoms with van der Waals surface area (Å²) in [5, 5.41) is 9.51.